The van der Waals surface area contributed by atoms with Crippen LogP contribution in [-0.4, -0.2) is 17.3 Å². The van der Waals surface area contributed by atoms with Gasteiger partial charge >= 0.3 is 0 Å². The van der Waals surface area contributed by atoms with Gasteiger partial charge in [-0.3, -0.25) is 0 Å². The standard InChI is InChI=1S/C23H33NO/c1-21(2)17-9-11-23(4)18(22(17,3)12-10-19(21)25)13-16-20(23)14-7-5-6-8-15(14)24-16/h5-8,16-20,24-25H,9-13H2,1-4H3. The Hall–Kier alpha value is -1.02. The summed E-state index contributed by atoms with van der Waals surface area (Å²) in [5.41, 5.74) is 3.76. The SMILES string of the molecule is CC1(C)C(O)CCC2(C)C1CCC1(C)C3c4ccccc4NC3CC12. The van der Waals surface area contributed by atoms with Crippen molar-refractivity contribution in [3.63, 3.8) is 0 Å². The van der Waals surface area contributed by atoms with Gasteiger partial charge < -0.3 is 10.4 Å². The molecule has 1 aliphatic heterocycles. The third-order valence-corrected chi connectivity index (χ3v) is 9.31. The smallest absolute Gasteiger partial charge is 0.0594 e. The zero-order valence-electron chi connectivity index (χ0n) is 16.2. The van der Waals surface area contributed by atoms with Crippen LogP contribution in [0, 0.1) is 28.1 Å². The summed E-state index contributed by atoms with van der Waals surface area (Å²) in [6.07, 6.45) is 5.93. The Labute approximate surface area is 152 Å². The molecule has 3 saturated carbocycles. The van der Waals surface area contributed by atoms with Gasteiger partial charge in [-0.1, -0.05) is 45.9 Å². The maximum absolute atomic E-state index is 10.7. The molecule has 3 aliphatic carbocycles. The molecule has 25 heavy (non-hydrogen) atoms. The fraction of sp³-hybridized carbons (Fsp3) is 0.739. The van der Waals surface area contributed by atoms with Gasteiger partial charge in [0.25, 0.3) is 0 Å². The zero-order valence-corrected chi connectivity index (χ0v) is 16.2. The average molecular weight is 340 g/mol. The summed E-state index contributed by atoms with van der Waals surface area (Å²) in [5.74, 6) is 2.08. The zero-order chi connectivity index (χ0) is 17.6. The number of aliphatic hydroxyl groups excluding tert-OH is 1. The van der Waals surface area contributed by atoms with Crippen LogP contribution in [0.2, 0.25) is 0 Å². The van der Waals surface area contributed by atoms with Gasteiger partial charge in [-0.2, -0.15) is 0 Å². The minimum atomic E-state index is -0.130. The van der Waals surface area contributed by atoms with Crippen LogP contribution in [0.4, 0.5) is 5.69 Å². The van der Waals surface area contributed by atoms with Gasteiger partial charge in [0.05, 0.1) is 6.10 Å². The molecule has 2 heteroatoms. The van der Waals surface area contributed by atoms with Crippen LogP contribution in [0.1, 0.15) is 71.3 Å². The van der Waals surface area contributed by atoms with Crippen LogP contribution in [0.5, 0.6) is 0 Å². The number of nitrogens with one attached hydrogen (secondary N) is 1. The summed E-state index contributed by atoms with van der Waals surface area (Å²) < 4.78 is 0. The summed E-state index contributed by atoms with van der Waals surface area (Å²) in [5, 5.41) is 14.5. The third kappa shape index (κ3) is 1.85. The van der Waals surface area contributed by atoms with Gasteiger partial charge in [-0.05, 0) is 71.8 Å². The average Bonchev–Trinajstić information content (AvgIpc) is 3.07. The topological polar surface area (TPSA) is 32.3 Å². The predicted octanol–water partition coefficient (Wildman–Crippen LogP) is 5.19. The molecule has 0 amide bonds. The third-order valence-electron chi connectivity index (χ3n) is 9.31. The van der Waals surface area contributed by atoms with E-state index < -0.39 is 0 Å². The molecular weight excluding hydrogens is 306 g/mol. The highest BCUT2D eigenvalue weighted by molar-refractivity contribution is 5.61. The first-order valence-electron chi connectivity index (χ1n) is 10.3. The van der Waals surface area contributed by atoms with E-state index in [0.29, 0.717) is 28.7 Å². The van der Waals surface area contributed by atoms with Crippen molar-refractivity contribution in [1.82, 2.24) is 0 Å². The lowest BCUT2D eigenvalue weighted by Crippen LogP contribution is -2.57. The van der Waals surface area contributed by atoms with Crippen LogP contribution in [-0.2, 0) is 0 Å². The maximum Gasteiger partial charge on any atom is 0.0594 e. The Morgan fingerprint density at radius 3 is 2.48 bits per heavy atom. The molecule has 0 saturated heterocycles. The second-order valence-electron chi connectivity index (χ2n) is 10.6. The number of para-hydroxylation sites is 1. The molecule has 1 heterocycles. The monoisotopic (exact) mass is 339 g/mol. The molecule has 0 aromatic heterocycles. The Kier molecular flexibility index (Phi) is 3.12. The number of rotatable bonds is 0. The summed E-state index contributed by atoms with van der Waals surface area (Å²) in [6, 6.07) is 9.62. The highest BCUT2D eigenvalue weighted by Gasteiger charge is 2.66. The minimum Gasteiger partial charge on any atom is -0.393 e. The normalized spacial score (nSPS) is 49.6. The number of aliphatic hydroxyl groups is 1. The van der Waals surface area contributed by atoms with Gasteiger partial charge in [0.15, 0.2) is 0 Å². The molecule has 7 unspecified atom stereocenters. The van der Waals surface area contributed by atoms with E-state index >= 15 is 0 Å². The quantitative estimate of drug-likeness (QED) is 0.682. The number of anilines is 1. The first-order valence-corrected chi connectivity index (χ1v) is 10.3. The summed E-state index contributed by atoms with van der Waals surface area (Å²) in [6.45, 7) is 9.81. The van der Waals surface area contributed by atoms with Crippen molar-refractivity contribution in [2.75, 3.05) is 5.32 Å². The van der Waals surface area contributed by atoms with Crippen molar-refractivity contribution >= 4 is 5.69 Å². The molecule has 5 rings (SSSR count). The molecule has 3 fully saturated rings. The highest BCUT2D eigenvalue weighted by atomic mass is 16.3. The van der Waals surface area contributed by atoms with Gasteiger partial charge in [0.2, 0.25) is 0 Å². The van der Waals surface area contributed by atoms with Crippen LogP contribution >= 0.6 is 0 Å². The van der Waals surface area contributed by atoms with E-state index in [2.05, 4.69) is 57.3 Å². The summed E-state index contributed by atoms with van der Waals surface area (Å²) in [4.78, 5) is 0. The lowest BCUT2D eigenvalue weighted by Gasteiger charge is -2.62. The van der Waals surface area contributed by atoms with E-state index in [0.717, 1.165) is 12.3 Å². The molecule has 2 nitrogen and oxygen atoms in total. The van der Waals surface area contributed by atoms with E-state index in [1.54, 1.807) is 5.56 Å². The Morgan fingerprint density at radius 1 is 0.960 bits per heavy atom. The molecule has 0 radical (unpaired) electrons. The number of fused-ring (bicyclic) bond motifs is 7. The van der Waals surface area contributed by atoms with E-state index in [9.17, 15) is 5.11 Å². The fourth-order valence-corrected chi connectivity index (χ4v) is 8.15. The van der Waals surface area contributed by atoms with Crippen molar-refractivity contribution < 1.29 is 5.11 Å². The first kappa shape index (κ1) is 16.2. The lowest BCUT2D eigenvalue weighted by molar-refractivity contribution is -0.164. The van der Waals surface area contributed by atoms with Gasteiger partial charge in [-0.15, -0.1) is 0 Å². The molecule has 4 aliphatic rings. The molecule has 1 aromatic carbocycles. The lowest BCUT2D eigenvalue weighted by atomic mass is 9.42. The fourth-order valence-electron chi connectivity index (χ4n) is 8.15. The number of hydrogen-bond acceptors (Lipinski definition) is 2. The van der Waals surface area contributed by atoms with Crippen LogP contribution in [0.15, 0.2) is 24.3 Å². The number of benzene rings is 1. The molecule has 2 N–H and O–H groups in total. The second kappa shape index (κ2) is 4.82. The van der Waals surface area contributed by atoms with E-state index in [4.69, 9.17) is 0 Å². The van der Waals surface area contributed by atoms with Crippen molar-refractivity contribution in [1.29, 1.82) is 0 Å². The Morgan fingerprint density at radius 2 is 1.68 bits per heavy atom. The van der Waals surface area contributed by atoms with Crippen molar-refractivity contribution in [3.8, 4) is 0 Å². The van der Waals surface area contributed by atoms with Crippen molar-refractivity contribution in [2.24, 2.45) is 28.1 Å². The first-order chi connectivity index (χ1) is 11.8. The molecule has 1 aromatic rings. The Bertz CT molecular complexity index is 712. The molecular formula is C23H33NO. The van der Waals surface area contributed by atoms with E-state index in [1.165, 1.54) is 31.4 Å². The van der Waals surface area contributed by atoms with Gasteiger partial charge in [0, 0.05) is 17.6 Å². The minimum absolute atomic E-state index is 0.0529. The summed E-state index contributed by atoms with van der Waals surface area (Å²) >= 11 is 0. The molecule has 7 atom stereocenters. The van der Waals surface area contributed by atoms with Crippen molar-refractivity contribution in [2.45, 2.75) is 77.9 Å². The van der Waals surface area contributed by atoms with E-state index in [-0.39, 0.29) is 11.5 Å². The summed E-state index contributed by atoms with van der Waals surface area (Å²) in [7, 11) is 0. The molecule has 0 spiro atoms. The van der Waals surface area contributed by atoms with E-state index in [1.807, 2.05) is 0 Å². The van der Waals surface area contributed by atoms with Crippen LogP contribution in [0.3, 0.4) is 0 Å². The van der Waals surface area contributed by atoms with Crippen molar-refractivity contribution in [3.05, 3.63) is 29.8 Å². The number of hydrogen-bond donors (Lipinski definition) is 2. The highest BCUT2D eigenvalue weighted by Crippen LogP contribution is 2.72. The van der Waals surface area contributed by atoms with Gasteiger partial charge in [-0.25, -0.2) is 0 Å². The largest absolute Gasteiger partial charge is 0.393 e. The van der Waals surface area contributed by atoms with Crippen LogP contribution < -0.4 is 5.32 Å². The Balaban J connectivity index is 1.57. The predicted molar refractivity (Wildman–Crippen MR) is 103 cm³/mol. The maximum atomic E-state index is 10.7. The van der Waals surface area contributed by atoms with Crippen LogP contribution in [0.25, 0.3) is 0 Å². The molecule has 0 bridgehead atoms. The molecule has 136 valence electrons. The van der Waals surface area contributed by atoms with Gasteiger partial charge in [0.1, 0.15) is 0 Å². The second-order valence-corrected chi connectivity index (χ2v) is 10.6.